The molecule has 7 heteroatoms. The highest BCUT2D eigenvalue weighted by Crippen LogP contribution is 2.29. The van der Waals surface area contributed by atoms with Gasteiger partial charge in [0, 0.05) is 18.5 Å². The maximum absolute atomic E-state index is 12.7. The fourth-order valence-corrected chi connectivity index (χ4v) is 3.46. The standard InChI is InChI=1S/C18H17N3O3S/c22-16-13-7-1-4-11-5-2-8-14(15(11)13)17(23)21(16)20-18(25)19-10-12-6-3-9-24-12/h1-2,4-5,7-8,12H,3,6,9-10H2,(H2,19,20,25). The van der Waals surface area contributed by atoms with Gasteiger partial charge in [0.25, 0.3) is 11.8 Å². The monoisotopic (exact) mass is 355 g/mol. The Bertz CT molecular complexity index is 826. The Kier molecular flexibility index (Phi) is 4.10. The van der Waals surface area contributed by atoms with Crippen LogP contribution in [0.15, 0.2) is 36.4 Å². The summed E-state index contributed by atoms with van der Waals surface area (Å²) < 4.78 is 5.52. The zero-order chi connectivity index (χ0) is 17.4. The fourth-order valence-electron chi connectivity index (χ4n) is 3.29. The third kappa shape index (κ3) is 2.85. The van der Waals surface area contributed by atoms with E-state index >= 15 is 0 Å². The molecule has 0 radical (unpaired) electrons. The highest BCUT2D eigenvalue weighted by molar-refractivity contribution is 7.80. The van der Waals surface area contributed by atoms with Crippen molar-refractivity contribution in [1.29, 1.82) is 0 Å². The Hall–Kier alpha value is -2.51. The second-order valence-corrected chi connectivity index (χ2v) is 6.52. The predicted molar refractivity (Wildman–Crippen MR) is 97.2 cm³/mol. The molecule has 2 aromatic carbocycles. The summed E-state index contributed by atoms with van der Waals surface area (Å²) in [6.07, 6.45) is 2.13. The minimum Gasteiger partial charge on any atom is -0.376 e. The van der Waals surface area contributed by atoms with Crippen molar-refractivity contribution in [3.63, 3.8) is 0 Å². The van der Waals surface area contributed by atoms with Gasteiger partial charge in [0.05, 0.1) is 17.2 Å². The maximum Gasteiger partial charge on any atom is 0.280 e. The molecule has 1 fully saturated rings. The molecule has 0 saturated carbocycles. The van der Waals surface area contributed by atoms with Crippen molar-refractivity contribution in [3.05, 3.63) is 47.5 Å². The first kappa shape index (κ1) is 16.0. The van der Waals surface area contributed by atoms with Gasteiger partial charge in [-0.1, -0.05) is 24.3 Å². The number of carbonyl (C=O) groups is 2. The summed E-state index contributed by atoms with van der Waals surface area (Å²) in [7, 11) is 0. The number of hydrogen-bond donors (Lipinski definition) is 2. The summed E-state index contributed by atoms with van der Waals surface area (Å²) in [6.45, 7) is 1.31. The lowest BCUT2D eigenvalue weighted by atomic mass is 9.95. The number of nitrogens with zero attached hydrogens (tertiary/aromatic N) is 1. The van der Waals surface area contributed by atoms with Crippen LogP contribution in [0.3, 0.4) is 0 Å². The molecule has 2 aliphatic heterocycles. The van der Waals surface area contributed by atoms with Crippen molar-refractivity contribution >= 4 is 39.9 Å². The lowest BCUT2D eigenvalue weighted by molar-refractivity contribution is 0.0565. The van der Waals surface area contributed by atoms with Gasteiger partial charge in [0.15, 0.2) is 5.11 Å². The van der Waals surface area contributed by atoms with E-state index < -0.39 is 11.8 Å². The van der Waals surface area contributed by atoms with Gasteiger partial charge in [0.2, 0.25) is 0 Å². The fraction of sp³-hybridized carbons (Fsp3) is 0.278. The largest absolute Gasteiger partial charge is 0.376 e. The van der Waals surface area contributed by atoms with Gasteiger partial charge in [0.1, 0.15) is 0 Å². The van der Waals surface area contributed by atoms with Crippen LogP contribution in [0.4, 0.5) is 0 Å². The average molecular weight is 355 g/mol. The van der Waals surface area contributed by atoms with Crippen molar-refractivity contribution in [2.75, 3.05) is 13.2 Å². The van der Waals surface area contributed by atoms with E-state index in [-0.39, 0.29) is 11.2 Å². The molecule has 6 nitrogen and oxygen atoms in total. The zero-order valence-electron chi connectivity index (χ0n) is 13.5. The number of nitrogens with one attached hydrogen (secondary N) is 2. The summed E-state index contributed by atoms with van der Waals surface area (Å²) in [5.74, 6) is -0.814. The first-order valence-corrected chi connectivity index (χ1v) is 8.62. The van der Waals surface area contributed by atoms with Crippen LogP contribution in [0, 0.1) is 0 Å². The second kappa shape index (κ2) is 6.42. The number of imide groups is 1. The van der Waals surface area contributed by atoms with Crippen molar-refractivity contribution in [2.45, 2.75) is 18.9 Å². The molecule has 2 amide bonds. The maximum atomic E-state index is 12.7. The van der Waals surface area contributed by atoms with E-state index in [2.05, 4.69) is 10.7 Å². The third-order valence-electron chi connectivity index (χ3n) is 4.50. The van der Waals surface area contributed by atoms with Gasteiger partial charge < -0.3 is 10.1 Å². The molecule has 0 bridgehead atoms. The number of ether oxygens (including phenoxy) is 1. The Morgan fingerprint density at radius 1 is 1.16 bits per heavy atom. The molecule has 0 spiro atoms. The van der Waals surface area contributed by atoms with Crippen LogP contribution in [-0.2, 0) is 4.74 Å². The lowest BCUT2D eigenvalue weighted by Gasteiger charge is -2.28. The van der Waals surface area contributed by atoms with E-state index in [1.807, 2.05) is 12.1 Å². The van der Waals surface area contributed by atoms with Crippen LogP contribution in [0.2, 0.25) is 0 Å². The summed E-state index contributed by atoms with van der Waals surface area (Å²) in [5, 5.41) is 5.77. The SMILES string of the molecule is O=C1c2cccc3cccc(c23)C(=O)N1NC(=S)NCC1CCCO1. The van der Waals surface area contributed by atoms with Crippen LogP contribution >= 0.6 is 12.2 Å². The smallest absolute Gasteiger partial charge is 0.280 e. The molecule has 1 saturated heterocycles. The Labute approximate surface area is 150 Å². The summed E-state index contributed by atoms with van der Waals surface area (Å²) >= 11 is 5.23. The normalized spacial score (nSPS) is 19.4. The number of amides is 2. The van der Waals surface area contributed by atoms with Crippen LogP contribution in [0.1, 0.15) is 33.6 Å². The number of carbonyl (C=O) groups excluding carboxylic acids is 2. The molecule has 2 N–H and O–H groups in total. The quantitative estimate of drug-likeness (QED) is 0.648. The number of benzene rings is 2. The summed E-state index contributed by atoms with van der Waals surface area (Å²) in [6, 6.07) is 10.8. The van der Waals surface area contributed by atoms with Crippen molar-refractivity contribution in [1.82, 2.24) is 15.8 Å². The van der Waals surface area contributed by atoms with Crippen molar-refractivity contribution < 1.29 is 14.3 Å². The molecular formula is C18H17N3O3S. The van der Waals surface area contributed by atoms with Crippen LogP contribution in [0.25, 0.3) is 10.8 Å². The van der Waals surface area contributed by atoms with Gasteiger partial charge in [-0.2, -0.15) is 5.01 Å². The molecular weight excluding hydrogens is 338 g/mol. The van der Waals surface area contributed by atoms with Gasteiger partial charge in [-0.15, -0.1) is 0 Å². The minimum atomic E-state index is -0.407. The van der Waals surface area contributed by atoms with E-state index in [9.17, 15) is 9.59 Å². The number of hydrogen-bond acceptors (Lipinski definition) is 4. The first-order chi connectivity index (χ1) is 12.1. The molecule has 2 aliphatic rings. The summed E-state index contributed by atoms with van der Waals surface area (Å²) in [4.78, 5) is 25.5. The highest BCUT2D eigenvalue weighted by atomic mass is 32.1. The third-order valence-corrected chi connectivity index (χ3v) is 4.73. The Morgan fingerprint density at radius 2 is 1.84 bits per heavy atom. The van der Waals surface area contributed by atoms with Crippen LogP contribution in [-0.4, -0.2) is 41.2 Å². The second-order valence-electron chi connectivity index (χ2n) is 6.11. The van der Waals surface area contributed by atoms with E-state index in [0.29, 0.717) is 23.1 Å². The number of hydrazine groups is 1. The first-order valence-electron chi connectivity index (χ1n) is 8.22. The molecule has 2 heterocycles. The lowest BCUT2D eigenvalue weighted by Crippen LogP contribution is -2.55. The van der Waals surface area contributed by atoms with E-state index in [1.54, 1.807) is 24.3 Å². The van der Waals surface area contributed by atoms with Gasteiger partial charge in [-0.25, -0.2) is 0 Å². The van der Waals surface area contributed by atoms with E-state index in [1.165, 1.54) is 0 Å². The molecule has 1 unspecified atom stereocenters. The molecule has 128 valence electrons. The zero-order valence-corrected chi connectivity index (χ0v) is 14.3. The predicted octanol–water partition coefficient (Wildman–Crippen LogP) is 1.99. The van der Waals surface area contributed by atoms with Crippen molar-refractivity contribution in [3.8, 4) is 0 Å². The topological polar surface area (TPSA) is 70.7 Å². The minimum absolute atomic E-state index is 0.113. The van der Waals surface area contributed by atoms with E-state index in [4.69, 9.17) is 17.0 Å². The van der Waals surface area contributed by atoms with Gasteiger partial charge in [-0.3, -0.25) is 15.0 Å². The van der Waals surface area contributed by atoms with Gasteiger partial charge >= 0.3 is 0 Å². The molecule has 0 aromatic heterocycles. The summed E-state index contributed by atoms with van der Waals surface area (Å²) in [5.41, 5.74) is 3.70. The number of thiocarbonyl (C=S) groups is 1. The molecule has 4 rings (SSSR count). The molecule has 0 aliphatic carbocycles. The molecule has 2 aromatic rings. The Morgan fingerprint density at radius 3 is 2.44 bits per heavy atom. The van der Waals surface area contributed by atoms with Gasteiger partial charge in [-0.05, 0) is 42.6 Å². The average Bonchev–Trinajstić information content (AvgIpc) is 3.15. The molecule has 1 atom stereocenters. The number of rotatable bonds is 3. The van der Waals surface area contributed by atoms with Crippen LogP contribution in [0.5, 0.6) is 0 Å². The van der Waals surface area contributed by atoms with Crippen molar-refractivity contribution in [2.24, 2.45) is 0 Å². The Balaban J connectivity index is 1.54. The van der Waals surface area contributed by atoms with Crippen LogP contribution < -0.4 is 10.7 Å². The molecule has 25 heavy (non-hydrogen) atoms. The van der Waals surface area contributed by atoms with E-state index in [0.717, 1.165) is 29.8 Å². The highest BCUT2D eigenvalue weighted by Gasteiger charge is 2.33.